The molecule has 0 aliphatic heterocycles. The number of benzene rings is 1. The summed E-state index contributed by atoms with van der Waals surface area (Å²) in [6, 6.07) is 3.15. The zero-order valence-electron chi connectivity index (χ0n) is 10.7. The number of aromatic nitrogens is 4. The highest BCUT2D eigenvalue weighted by Gasteiger charge is 2.16. The predicted octanol–water partition coefficient (Wildman–Crippen LogP) is 2.03. The second-order valence-electron chi connectivity index (χ2n) is 4.78. The van der Waals surface area contributed by atoms with Crippen molar-refractivity contribution in [3.8, 4) is 11.4 Å². The third kappa shape index (κ3) is 2.32. The van der Waals surface area contributed by atoms with Crippen LogP contribution in [-0.4, -0.2) is 20.2 Å². The predicted molar refractivity (Wildman–Crippen MR) is 67.2 cm³/mol. The Bertz CT molecular complexity index is 562. The lowest BCUT2D eigenvalue weighted by Gasteiger charge is -2.09. The van der Waals surface area contributed by atoms with Gasteiger partial charge >= 0.3 is 0 Å². The summed E-state index contributed by atoms with van der Waals surface area (Å²) in [5.41, 5.74) is 7.08. The molecule has 18 heavy (non-hydrogen) atoms. The van der Waals surface area contributed by atoms with E-state index in [0.717, 1.165) is 0 Å². The molecule has 0 unspecified atom stereocenters. The van der Waals surface area contributed by atoms with Gasteiger partial charge in [0.25, 0.3) is 0 Å². The number of aryl methyl sites for hydroxylation is 1. The Balaban J connectivity index is 2.52. The van der Waals surface area contributed by atoms with Gasteiger partial charge in [-0.25, -0.2) is 9.07 Å². The van der Waals surface area contributed by atoms with Crippen molar-refractivity contribution in [3.63, 3.8) is 0 Å². The highest BCUT2D eigenvalue weighted by atomic mass is 19.1. The van der Waals surface area contributed by atoms with E-state index in [4.69, 9.17) is 5.73 Å². The zero-order valence-corrected chi connectivity index (χ0v) is 10.7. The third-order valence-corrected chi connectivity index (χ3v) is 2.59. The maximum absolute atomic E-state index is 14.1. The molecule has 5 nitrogen and oxygen atoms in total. The number of hydrogen-bond donors (Lipinski definition) is 1. The monoisotopic (exact) mass is 249 g/mol. The van der Waals surface area contributed by atoms with Crippen LogP contribution in [-0.2, 0) is 6.54 Å². The number of rotatable bonds is 3. The Morgan fingerprint density at radius 2 is 2.11 bits per heavy atom. The fourth-order valence-electron chi connectivity index (χ4n) is 1.83. The van der Waals surface area contributed by atoms with E-state index < -0.39 is 0 Å². The van der Waals surface area contributed by atoms with E-state index in [2.05, 4.69) is 15.5 Å². The summed E-state index contributed by atoms with van der Waals surface area (Å²) >= 11 is 0. The van der Waals surface area contributed by atoms with Crippen LogP contribution in [0.15, 0.2) is 12.1 Å². The van der Waals surface area contributed by atoms with Crippen molar-refractivity contribution in [2.75, 3.05) is 5.73 Å². The van der Waals surface area contributed by atoms with Crippen LogP contribution in [0.4, 0.5) is 10.1 Å². The lowest BCUT2D eigenvalue weighted by Crippen LogP contribution is -2.09. The van der Waals surface area contributed by atoms with E-state index >= 15 is 0 Å². The summed E-state index contributed by atoms with van der Waals surface area (Å²) in [6.07, 6.45) is 0. The minimum Gasteiger partial charge on any atom is -0.399 e. The summed E-state index contributed by atoms with van der Waals surface area (Å²) in [5, 5.41) is 11.4. The highest BCUT2D eigenvalue weighted by molar-refractivity contribution is 5.63. The average Bonchev–Trinajstić information content (AvgIpc) is 2.70. The van der Waals surface area contributed by atoms with E-state index in [1.807, 2.05) is 13.8 Å². The van der Waals surface area contributed by atoms with E-state index in [1.165, 1.54) is 0 Å². The van der Waals surface area contributed by atoms with Gasteiger partial charge in [0.05, 0.1) is 5.56 Å². The molecular formula is C12H16FN5. The number of nitrogens with zero attached hydrogens (tertiary/aromatic N) is 4. The van der Waals surface area contributed by atoms with Gasteiger partial charge in [-0.1, -0.05) is 13.8 Å². The van der Waals surface area contributed by atoms with Gasteiger partial charge in [-0.05, 0) is 41.0 Å². The molecule has 6 heteroatoms. The van der Waals surface area contributed by atoms with E-state index in [0.29, 0.717) is 35.1 Å². The van der Waals surface area contributed by atoms with Crippen LogP contribution >= 0.6 is 0 Å². The Hall–Kier alpha value is -1.98. The first-order valence-corrected chi connectivity index (χ1v) is 5.81. The van der Waals surface area contributed by atoms with Crippen molar-refractivity contribution >= 4 is 5.69 Å². The standard InChI is InChI=1S/C12H16FN5/c1-7(2)6-18-12(15-16-17-18)10-5-9(14)4-8(3)11(10)13/h4-5,7H,6,14H2,1-3H3. The van der Waals surface area contributed by atoms with Crippen molar-refractivity contribution in [2.45, 2.75) is 27.3 Å². The van der Waals surface area contributed by atoms with Gasteiger partial charge < -0.3 is 5.73 Å². The Kier molecular flexibility index (Phi) is 3.27. The van der Waals surface area contributed by atoms with Gasteiger partial charge in [0.1, 0.15) is 5.82 Å². The number of nitrogens with two attached hydrogens (primary N) is 1. The number of tetrazole rings is 1. The van der Waals surface area contributed by atoms with Gasteiger partial charge in [-0.3, -0.25) is 0 Å². The molecule has 96 valence electrons. The second kappa shape index (κ2) is 4.72. The Labute approximate surface area is 105 Å². The first-order valence-electron chi connectivity index (χ1n) is 5.81. The van der Waals surface area contributed by atoms with Crippen molar-refractivity contribution in [3.05, 3.63) is 23.5 Å². The molecule has 0 radical (unpaired) electrons. The van der Waals surface area contributed by atoms with Crippen LogP contribution in [0.2, 0.25) is 0 Å². The second-order valence-corrected chi connectivity index (χ2v) is 4.78. The molecule has 0 spiro atoms. The van der Waals surface area contributed by atoms with Crippen LogP contribution in [0, 0.1) is 18.7 Å². The number of hydrogen-bond acceptors (Lipinski definition) is 4. The van der Waals surface area contributed by atoms with Crippen LogP contribution in [0.1, 0.15) is 19.4 Å². The van der Waals surface area contributed by atoms with Crippen molar-refractivity contribution in [2.24, 2.45) is 5.92 Å². The third-order valence-electron chi connectivity index (χ3n) is 2.59. The minimum absolute atomic E-state index is 0.330. The molecule has 0 amide bonds. The SMILES string of the molecule is Cc1cc(N)cc(-c2nnnn2CC(C)C)c1F. The average molecular weight is 249 g/mol. The number of nitrogen functional groups attached to an aromatic ring is 1. The van der Waals surface area contributed by atoms with E-state index in [9.17, 15) is 4.39 Å². The molecule has 2 rings (SSSR count). The molecule has 0 fully saturated rings. The Morgan fingerprint density at radius 3 is 2.78 bits per heavy atom. The quantitative estimate of drug-likeness (QED) is 0.845. The fourth-order valence-corrected chi connectivity index (χ4v) is 1.83. The van der Waals surface area contributed by atoms with Crippen molar-refractivity contribution < 1.29 is 4.39 Å². The van der Waals surface area contributed by atoms with Crippen LogP contribution in [0.3, 0.4) is 0 Å². The van der Waals surface area contributed by atoms with Crippen LogP contribution in [0.5, 0.6) is 0 Å². The van der Waals surface area contributed by atoms with Crippen LogP contribution < -0.4 is 5.73 Å². The number of halogens is 1. The summed E-state index contributed by atoms with van der Waals surface area (Å²) in [4.78, 5) is 0. The summed E-state index contributed by atoms with van der Waals surface area (Å²) < 4.78 is 15.7. The maximum atomic E-state index is 14.1. The van der Waals surface area contributed by atoms with Crippen molar-refractivity contribution in [1.29, 1.82) is 0 Å². The Morgan fingerprint density at radius 1 is 1.39 bits per heavy atom. The molecule has 1 heterocycles. The molecule has 0 aliphatic rings. The molecule has 1 aromatic carbocycles. The molecule has 2 aromatic rings. The van der Waals surface area contributed by atoms with Gasteiger partial charge in [-0.2, -0.15) is 0 Å². The topological polar surface area (TPSA) is 69.6 Å². The lowest BCUT2D eigenvalue weighted by molar-refractivity contribution is 0.474. The fraction of sp³-hybridized carbons (Fsp3) is 0.417. The number of anilines is 1. The molecule has 0 saturated heterocycles. The lowest BCUT2D eigenvalue weighted by atomic mass is 10.1. The van der Waals surface area contributed by atoms with Gasteiger partial charge in [0.2, 0.25) is 0 Å². The van der Waals surface area contributed by atoms with Crippen LogP contribution in [0.25, 0.3) is 11.4 Å². The zero-order chi connectivity index (χ0) is 13.3. The summed E-state index contributed by atoms with van der Waals surface area (Å²) in [7, 11) is 0. The molecular weight excluding hydrogens is 233 g/mol. The first kappa shape index (κ1) is 12.5. The summed E-state index contributed by atoms with van der Waals surface area (Å²) in [5.74, 6) is 0.457. The minimum atomic E-state index is -0.330. The highest BCUT2D eigenvalue weighted by Crippen LogP contribution is 2.25. The summed E-state index contributed by atoms with van der Waals surface area (Å²) in [6.45, 7) is 6.40. The molecule has 0 bridgehead atoms. The molecule has 0 aliphatic carbocycles. The molecule has 1 aromatic heterocycles. The van der Waals surface area contributed by atoms with E-state index in [-0.39, 0.29) is 5.82 Å². The normalized spacial score (nSPS) is 11.2. The van der Waals surface area contributed by atoms with E-state index in [1.54, 1.807) is 23.7 Å². The molecule has 0 saturated carbocycles. The smallest absolute Gasteiger partial charge is 0.185 e. The van der Waals surface area contributed by atoms with Gasteiger partial charge in [0.15, 0.2) is 5.82 Å². The maximum Gasteiger partial charge on any atom is 0.185 e. The molecule has 2 N–H and O–H groups in total. The van der Waals surface area contributed by atoms with Gasteiger partial charge in [-0.15, -0.1) is 5.10 Å². The first-order chi connectivity index (χ1) is 8.49. The molecule has 0 atom stereocenters. The van der Waals surface area contributed by atoms with Gasteiger partial charge in [0, 0.05) is 12.2 Å². The van der Waals surface area contributed by atoms with Crippen molar-refractivity contribution in [1.82, 2.24) is 20.2 Å². The largest absolute Gasteiger partial charge is 0.399 e.